The van der Waals surface area contributed by atoms with Gasteiger partial charge in [-0.15, -0.1) is 0 Å². The minimum Gasteiger partial charge on any atom is -0.444 e. The van der Waals surface area contributed by atoms with Crippen molar-refractivity contribution < 1.29 is 19.1 Å². The molecule has 0 aliphatic heterocycles. The molecule has 7 heteroatoms. The first kappa shape index (κ1) is 32.2. The molecule has 0 aliphatic rings. The molecule has 208 valence electrons. The predicted molar refractivity (Wildman–Crippen MR) is 151 cm³/mol. The quantitative estimate of drug-likeness (QED) is 0.345. The monoisotopic (exact) mass is 515 g/mol. The highest BCUT2D eigenvalue weighted by Gasteiger charge is 2.44. The normalized spacial score (nSPS) is 14.4. The number of benzene rings is 1. The Morgan fingerprint density at radius 1 is 1.05 bits per heavy atom. The number of carbonyl (C=O) groups excluding carboxylic acids is 3. The van der Waals surface area contributed by atoms with Crippen LogP contribution in [0.4, 0.5) is 4.79 Å². The topological polar surface area (TPSA) is 87.7 Å². The van der Waals surface area contributed by atoms with Crippen molar-refractivity contribution in [2.75, 3.05) is 0 Å². The molecule has 0 bridgehead atoms. The highest BCUT2D eigenvalue weighted by atomic mass is 16.6. The second-order valence-electron chi connectivity index (χ2n) is 11.7. The van der Waals surface area contributed by atoms with Crippen LogP contribution in [-0.2, 0) is 14.3 Å². The Hall–Kier alpha value is -2.83. The van der Waals surface area contributed by atoms with E-state index in [1.165, 1.54) is 0 Å². The summed E-state index contributed by atoms with van der Waals surface area (Å²) < 4.78 is 5.45. The first-order chi connectivity index (χ1) is 17.1. The molecule has 0 aliphatic carbocycles. The number of hydrogen-bond acceptors (Lipinski definition) is 4. The van der Waals surface area contributed by atoms with Crippen molar-refractivity contribution in [1.82, 2.24) is 15.5 Å². The number of hydrogen-bond donors (Lipinski definition) is 2. The van der Waals surface area contributed by atoms with E-state index in [-0.39, 0.29) is 23.8 Å². The molecule has 3 unspecified atom stereocenters. The third-order valence-electron chi connectivity index (χ3n) is 6.44. The van der Waals surface area contributed by atoms with Crippen LogP contribution in [0, 0.1) is 5.92 Å². The summed E-state index contributed by atoms with van der Waals surface area (Å²) in [4.78, 5) is 42.6. The summed E-state index contributed by atoms with van der Waals surface area (Å²) in [5.41, 5.74) is 0.138. The van der Waals surface area contributed by atoms with Gasteiger partial charge >= 0.3 is 6.09 Å². The van der Waals surface area contributed by atoms with Crippen molar-refractivity contribution in [2.45, 2.75) is 118 Å². The minimum absolute atomic E-state index is 0.0509. The molecule has 1 aromatic rings. The van der Waals surface area contributed by atoms with E-state index in [0.717, 1.165) is 18.4 Å². The van der Waals surface area contributed by atoms with Crippen molar-refractivity contribution >= 4 is 24.0 Å². The maximum atomic E-state index is 14.3. The highest BCUT2D eigenvalue weighted by Crippen LogP contribution is 2.33. The van der Waals surface area contributed by atoms with Gasteiger partial charge in [0.1, 0.15) is 17.7 Å². The summed E-state index contributed by atoms with van der Waals surface area (Å²) in [7, 11) is 0. The first-order valence-electron chi connectivity index (χ1n) is 13.4. The number of rotatable bonds is 12. The Bertz CT molecular complexity index is 933. The summed E-state index contributed by atoms with van der Waals surface area (Å²) >= 11 is 0. The minimum atomic E-state index is -0.900. The van der Waals surface area contributed by atoms with Crippen LogP contribution in [0.15, 0.2) is 30.8 Å². The molecular formula is C30H49N3O4. The van der Waals surface area contributed by atoms with Gasteiger partial charge in [0, 0.05) is 11.6 Å². The Kier molecular flexibility index (Phi) is 11.9. The molecule has 3 atom stereocenters. The van der Waals surface area contributed by atoms with Gasteiger partial charge in [-0.05, 0) is 77.5 Å². The highest BCUT2D eigenvalue weighted by molar-refractivity contribution is 5.93. The third kappa shape index (κ3) is 9.52. The van der Waals surface area contributed by atoms with Crippen LogP contribution in [0.25, 0.3) is 6.08 Å². The van der Waals surface area contributed by atoms with Crippen LogP contribution in [-0.4, -0.2) is 46.0 Å². The van der Waals surface area contributed by atoms with Gasteiger partial charge < -0.3 is 20.3 Å². The SMILES string of the molecule is C=Cc1cccc(C(C(=O)NC(C)CCC)N(C(=O)C(NC(=O)OC(C)(C)C)C(C)C)C(C)(C)CC)c1. The van der Waals surface area contributed by atoms with Crippen molar-refractivity contribution in [3.63, 3.8) is 0 Å². The van der Waals surface area contributed by atoms with E-state index in [1.54, 1.807) is 31.7 Å². The largest absolute Gasteiger partial charge is 0.444 e. The molecule has 1 rings (SSSR count). The molecule has 0 spiro atoms. The molecule has 3 amide bonds. The standard InChI is InChI=1S/C30H49N3O4/c1-12-16-21(6)31-26(34)25(23-18-15-17-22(13-2)19-23)33(30(10,11)14-3)27(35)24(20(4)5)32-28(36)37-29(7,8)9/h13,15,17-21,24-25H,2,12,14,16H2,1,3-11H3,(H,31,34)(H,32,36). The lowest BCUT2D eigenvalue weighted by atomic mass is 9.90. The molecule has 0 radical (unpaired) electrons. The average Bonchev–Trinajstić information content (AvgIpc) is 2.79. The fraction of sp³-hybridized carbons (Fsp3) is 0.633. The molecule has 0 aromatic heterocycles. The van der Waals surface area contributed by atoms with Crippen LogP contribution in [0.1, 0.15) is 106 Å². The Balaban J connectivity index is 3.68. The third-order valence-corrected chi connectivity index (χ3v) is 6.44. The number of nitrogens with zero attached hydrogens (tertiary/aromatic N) is 1. The smallest absolute Gasteiger partial charge is 0.408 e. The van der Waals surface area contributed by atoms with Crippen molar-refractivity contribution in [3.8, 4) is 0 Å². The zero-order chi connectivity index (χ0) is 28.6. The van der Waals surface area contributed by atoms with E-state index >= 15 is 0 Å². The second kappa shape index (κ2) is 13.6. The van der Waals surface area contributed by atoms with Gasteiger partial charge in [-0.3, -0.25) is 9.59 Å². The summed E-state index contributed by atoms with van der Waals surface area (Å²) in [5, 5.41) is 5.90. The molecule has 0 fully saturated rings. The molecule has 0 heterocycles. The number of carbonyl (C=O) groups is 3. The lowest BCUT2D eigenvalue weighted by Gasteiger charge is -2.45. The molecule has 0 saturated carbocycles. The van der Waals surface area contributed by atoms with E-state index in [4.69, 9.17) is 4.74 Å². The van der Waals surface area contributed by atoms with E-state index < -0.39 is 29.3 Å². The molecule has 1 aromatic carbocycles. The van der Waals surface area contributed by atoms with Crippen LogP contribution in [0.2, 0.25) is 0 Å². The average molecular weight is 516 g/mol. The van der Waals surface area contributed by atoms with Crippen molar-refractivity contribution in [2.24, 2.45) is 5.92 Å². The molecule has 37 heavy (non-hydrogen) atoms. The fourth-order valence-corrected chi connectivity index (χ4v) is 4.14. The van der Waals surface area contributed by atoms with Gasteiger partial charge in [-0.25, -0.2) is 4.79 Å². The second-order valence-corrected chi connectivity index (χ2v) is 11.7. The van der Waals surface area contributed by atoms with Gasteiger partial charge in [0.2, 0.25) is 11.8 Å². The van der Waals surface area contributed by atoms with Crippen LogP contribution in [0.3, 0.4) is 0 Å². The van der Waals surface area contributed by atoms with E-state index in [1.807, 2.05) is 65.8 Å². The lowest BCUT2D eigenvalue weighted by molar-refractivity contribution is -0.150. The van der Waals surface area contributed by atoms with Gasteiger partial charge in [0.15, 0.2) is 0 Å². The van der Waals surface area contributed by atoms with Crippen molar-refractivity contribution in [3.05, 3.63) is 42.0 Å². The van der Waals surface area contributed by atoms with Gasteiger partial charge in [0.05, 0.1) is 0 Å². The van der Waals surface area contributed by atoms with Gasteiger partial charge in [-0.2, -0.15) is 0 Å². The first-order valence-corrected chi connectivity index (χ1v) is 13.4. The summed E-state index contributed by atoms with van der Waals surface area (Å²) in [5.74, 6) is -0.825. The van der Waals surface area contributed by atoms with Crippen LogP contribution >= 0.6 is 0 Å². The molecular weight excluding hydrogens is 466 g/mol. The number of alkyl carbamates (subject to hydrolysis) is 1. The number of amides is 3. The maximum Gasteiger partial charge on any atom is 0.408 e. The Labute approximate surface area is 224 Å². The van der Waals surface area contributed by atoms with Gasteiger partial charge in [-0.1, -0.05) is 65.0 Å². The van der Waals surface area contributed by atoms with E-state index in [2.05, 4.69) is 24.1 Å². The Morgan fingerprint density at radius 2 is 1.68 bits per heavy atom. The van der Waals surface area contributed by atoms with E-state index in [0.29, 0.717) is 12.0 Å². The van der Waals surface area contributed by atoms with E-state index in [9.17, 15) is 14.4 Å². The molecule has 2 N–H and O–H groups in total. The fourth-order valence-electron chi connectivity index (χ4n) is 4.14. The predicted octanol–water partition coefficient (Wildman–Crippen LogP) is 6.24. The van der Waals surface area contributed by atoms with Crippen LogP contribution in [0.5, 0.6) is 0 Å². The molecule has 7 nitrogen and oxygen atoms in total. The van der Waals surface area contributed by atoms with Crippen LogP contribution < -0.4 is 10.6 Å². The van der Waals surface area contributed by atoms with Gasteiger partial charge in [0.25, 0.3) is 0 Å². The lowest BCUT2D eigenvalue weighted by Crippen LogP contribution is -2.60. The van der Waals surface area contributed by atoms with Crippen molar-refractivity contribution in [1.29, 1.82) is 0 Å². The summed E-state index contributed by atoms with van der Waals surface area (Å²) in [6, 6.07) is 5.69. The zero-order valence-electron chi connectivity index (χ0n) is 24.6. The Morgan fingerprint density at radius 3 is 2.16 bits per heavy atom. The summed E-state index contributed by atoms with van der Waals surface area (Å²) in [6.07, 6.45) is 3.41. The molecule has 0 saturated heterocycles. The summed E-state index contributed by atoms with van der Waals surface area (Å²) in [6.45, 7) is 22.8. The zero-order valence-corrected chi connectivity index (χ0v) is 24.6. The maximum absolute atomic E-state index is 14.3. The number of ether oxygens (including phenoxy) is 1. The number of nitrogens with one attached hydrogen (secondary N) is 2.